The number of benzene rings is 2. The topological polar surface area (TPSA) is 92.8 Å². The fraction of sp³-hybridized carbons (Fsp3) is 0.391. The molecule has 3 rings (SSSR count). The van der Waals surface area contributed by atoms with Gasteiger partial charge in [0, 0.05) is 13.0 Å². The van der Waals surface area contributed by atoms with E-state index in [9.17, 15) is 18.0 Å². The van der Waals surface area contributed by atoms with Gasteiger partial charge in [-0.3, -0.25) is 9.59 Å². The molecule has 1 saturated heterocycles. The zero-order valence-corrected chi connectivity index (χ0v) is 18.4. The molecule has 0 radical (unpaired) electrons. The van der Waals surface area contributed by atoms with E-state index in [0.29, 0.717) is 25.7 Å². The summed E-state index contributed by atoms with van der Waals surface area (Å²) in [5.74, 6) is -0.698. The SMILES string of the molecule is Cc1ccc(CCC(=O)NCCOC(=O)C2CCCN2S(=O)(=O)c2ccccc2)cc1. The molecule has 31 heavy (non-hydrogen) atoms. The van der Waals surface area contributed by atoms with E-state index in [1.54, 1.807) is 18.2 Å². The fourth-order valence-electron chi connectivity index (χ4n) is 3.53. The standard InChI is InChI=1S/C23H28N2O5S/c1-18-9-11-19(12-10-18)13-14-22(26)24-15-17-30-23(27)21-8-5-16-25(21)31(28,29)20-6-3-2-4-7-20/h2-4,6-7,9-12,21H,5,8,13-17H2,1H3,(H,24,26). The summed E-state index contributed by atoms with van der Waals surface area (Å²) in [4.78, 5) is 24.6. The van der Waals surface area contributed by atoms with Gasteiger partial charge in [-0.25, -0.2) is 8.42 Å². The van der Waals surface area contributed by atoms with Crippen LogP contribution in [0.15, 0.2) is 59.5 Å². The molecule has 1 aliphatic heterocycles. The van der Waals surface area contributed by atoms with E-state index in [1.165, 1.54) is 22.0 Å². The number of carbonyl (C=O) groups is 2. The molecule has 0 saturated carbocycles. The molecule has 1 amide bonds. The maximum atomic E-state index is 12.8. The highest BCUT2D eigenvalue weighted by Gasteiger charge is 2.40. The van der Waals surface area contributed by atoms with Crippen molar-refractivity contribution in [2.45, 2.75) is 43.5 Å². The minimum atomic E-state index is -3.75. The Kier molecular flexibility index (Phi) is 7.81. The third kappa shape index (κ3) is 6.15. The molecular weight excluding hydrogens is 416 g/mol. The summed E-state index contributed by atoms with van der Waals surface area (Å²) in [6.45, 7) is 2.49. The Labute approximate surface area is 183 Å². The number of aryl methyl sites for hydroxylation is 2. The molecule has 1 heterocycles. The molecule has 1 atom stereocenters. The Balaban J connectivity index is 1.42. The van der Waals surface area contributed by atoms with Crippen LogP contribution in [-0.2, 0) is 30.8 Å². The number of hydrogen-bond donors (Lipinski definition) is 1. The maximum absolute atomic E-state index is 12.8. The number of hydrogen-bond acceptors (Lipinski definition) is 5. The molecule has 0 aromatic heterocycles. The van der Waals surface area contributed by atoms with Gasteiger partial charge in [0.1, 0.15) is 12.6 Å². The first kappa shape index (κ1) is 23.0. The normalized spacial score (nSPS) is 16.7. The van der Waals surface area contributed by atoms with Crippen LogP contribution >= 0.6 is 0 Å². The van der Waals surface area contributed by atoms with Crippen LogP contribution in [0.1, 0.15) is 30.4 Å². The lowest BCUT2D eigenvalue weighted by Crippen LogP contribution is -2.42. The van der Waals surface area contributed by atoms with E-state index in [-0.39, 0.29) is 30.5 Å². The predicted octanol–water partition coefficient (Wildman–Crippen LogP) is 2.44. The molecule has 1 aliphatic rings. The quantitative estimate of drug-likeness (QED) is 0.474. The van der Waals surface area contributed by atoms with Crippen molar-refractivity contribution in [3.05, 3.63) is 65.7 Å². The van der Waals surface area contributed by atoms with Gasteiger partial charge >= 0.3 is 5.97 Å². The van der Waals surface area contributed by atoms with Crippen LogP contribution in [0, 0.1) is 6.92 Å². The van der Waals surface area contributed by atoms with E-state index in [0.717, 1.165) is 5.56 Å². The molecule has 0 bridgehead atoms. The Morgan fingerprint density at radius 3 is 2.52 bits per heavy atom. The molecule has 2 aromatic rings. The first-order valence-corrected chi connectivity index (χ1v) is 11.9. The van der Waals surface area contributed by atoms with Crippen LogP contribution in [0.25, 0.3) is 0 Å². The number of ether oxygens (including phenoxy) is 1. The van der Waals surface area contributed by atoms with Crippen molar-refractivity contribution >= 4 is 21.9 Å². The minimum absolute atomic E-state index is 0.00479. The Bertz CT molecular complexity index is 990. The summed E-state index contributed by atoms with van der Waals surface area (Å²) in [7, 11) is -3.75. The highest BCUT2D eigenvalue weighted by Crippen LogP contribution is 2.26. The summed E-state index contributed by atoms with van der Waals surface area (Å²) in [6, 6.07) is 15.3. The van der Waals surface area contributed by atoms with Gasteiger partial charge in [0.2, 0.25) is 15.9 Å². The van der Waals surface area contributed by atoms with Gasteiger partial charge in [-0.05, 0) is 43.9 Å². The molecule has 0 spiro atoms. The maximum Gasteiger partial charge on any atom is 0.324 e. The minimum Gasteiger partial charge on any atom is -0.463 e. The van der Waals surface area contributed by atoms with Gasteiger partial charge in [-0.1, -0.05) is 48.0 Å². The Morgan fingerprint density at radius 1 is 1.10 bits per heavy atom. The van der Waals surface area contributed by atoms with Crippen LogP contribution in [-0.4, -0.2) is 50.3 Å². The zero-order chi connectivity index (χ0) is 22.3. The van der Waals surface area contributed by atoms with Gasteiger partial charge in [-0.2, -0.15) is 4.31 Å². The van der Waals surface area contributed by atoms with E-state index in [2.05, 4.69) is 5.32 Å². The number of rotatable bonds is 9. The third-order valence-electron chi connectivity index (χ3n) is 5.26. The average Bonchev–Trinajstić information content (AvgIpc) is 3.28. The molecule has 7 nitrogen and oxygen atoms in total. The van der Waals surface area contributed by atoms with Crippen LogP contribution in [0.5, 0.6) is 0 Å². The zero-order valence-electron chi connectivity index (χ0n) is 17.6. The second-order valence-electron chi connectivity index (χ2n) is 7.59. The lowest BCUT2D eigenvalue weighted by atomic mass is 10.1. The smallest absolute Gasteiger partial charge is 0.324 e. The first-order valence-electron chi connectivity index (χ1n) is 10.4. The van der Waals surface area contributed by atoms with E-state index in [1.807, 2.05) is 31.2 Å². The molecule has 0 aliphatic carbocycles. The molecule has 1 fully saturated rings. The van der Waals surface area contributed by atoms with E-state index < -0.39 is 22.0 Å². The highest BCUT2D eigenvalue weighted by molar-refractivity contribution is 7.89. The van der Waals surface area contributed by atoms with Gasteiger partial charge in [0.15, 0.2) is 0 Å². The summed E-state index contributed by atoms with van der Waals surface area (Å²) >= 11 is 0. The number of carbonyl (C=O) groups excluding carboxylic acids is 2. The van der Waals surface area contributed by atoms with Crippen LogP contribution in [0.4, 0.5) is 0 Å². The average molecular weight is 445 g/mol. The van der Waals surface area contributed by atoms with Crippen molar-refractivity contribution in [3.63, 3.8) is 0 Å². The number of esters is 1. The largest absolute Gasteiger partial charge is 0.463 e. The number of nitrogens with one attached hydrogen (secondary N) is 1. The van der Waals surface area contributed by atoms with Gasteiger partial charge < -0.3 is 10.1 Å². The lowest BCUT2D eigenvalue weighted by molar-refractivity contribution is -0.147. The Hall–Kier alpha value is -2.71. The molecule has 1 unspecified atom stereocenters. The van der Waals surface area contributed by atoms with Crippen LogP contribution in [0.3, 0.4) is 0 Å². The number of nitrogens with zero attached hydrogens (tertiary/aromatic N) is 1. The van der Waals surface area contributed by atoms with Crippen molar-refractivity contribution in [3.8, 4) is 0 Å². The predicted molar refractivity (Wildman–Crippen MR) is 117 cm³/mol. The highest BCUT2D eigenvalue weighted by atomic mass is 32.2. The second kappa shape index (κ2) is 10.5. The number of sulfonamides is 1. The van der Waals surface area contributed by atoms with Crippen LogP contribution < -0.4 is 5.32 Å². The van der Waals surface area contributed by atoms with Gasteiger partial charge in [0.25, 0.3) is 0 Å². The lowest BCUT2D eigenvalue weighted by Gasteiger charge is -2.22. The summed E-state index contributed by atoms with van der Waals surface area (Å²) in [5.41, 5.74) is 2.26. The van der Waals surface area contributed by atoms with Gasteiger partial charge in [0.05, 0.1) is 11.4 Å². The first-order chi connectivity index (χ1) is 14.9. The summed E-state index contributed by atoms with van der Waals surface area (Å²) < 4.78 is 32.1. The van der Waals surface area contributed by atoms with Crippen LogP contribution in [0.2, 0.25) is 0 Å². The summed E-state index contributed by atoms with van der Waals surface area (Å²) in [5, 5.41) is 2.73. The summed E-state index contributed by atoms with van der Waals surface area (Å²) in [6.07, 6.45) is 2.01. The third-order valence-corrected chi connectivity index (χ3v) is 7.18. The second-order valence-corrected chi connectivity index (χ2v) is 9.48. The molecule has 1 N–H and O–H groups in total. The van der Waals surface area contributed by atoms with Crippen molar-refractivity contribution in [2.24, 2.45) is 0 Å². The molecule has 8 heteroatoms. The van der Waals surface area contributed by atoms with Gasteiger partial charge in [-0.15, -0.1) is 0 Å². The molecule has 2 aromatic carbocycles. The monoisotopic (exact) mass is 444 g/mol. The van der Waals surface area contributed by atoms with Crippen molar-refractivity contribution in [1.82, 2.24) is 9.62 Å². The van der Waals surface area contributed by atoms with E-state index in [4.69, 9.17) is 4.74 Å². The number of amides is 1. The fourth-order valence-corrected chi connectivity index (χ4v) is 5.20. The van der Waals surface area contributed by atoms with Crippen molar-refractivity contribution in [1.29, 1.82) is 0 Å². The van der Waals surface area contributed by atoms with Crippen molar-refractivity contribution < 1.29 is 22.7 Å². The van der Waals surface area contributed by atoms with E-state index >= 15 is 0 Å². The molecular formula is C23H28N2O5S. The Morgan fingerprint density at radius 2 is 1.81 bits per heavy atom. The molecule has 166 valence electrons. The van der Waals surface area contributed by atoms with Crippen molar-refractivity contribution in [2.75, 3.05) is 19.7 Å².